The zero-order valence-corrected chi connectivity index (χ0v) is 30.6. The molecule has 0 rings (SSSR count). The van der Waals surface area contributed by atoms with Crippen molar-refractivity contribution >= 4 is 23.3 Å². The van der Waals surface area contributed by atoms with E-state index in [2.05, 4.69) is 49.6 Å². The van der Waals surface area contributed by atoms with Crippen LogP contribution in [0.1, 0.15) is 162 Å². The Kier molecular flexibility index (Phi) is 32.0. The van der Waals surface area contributed by atoms with Gasteiger partial charge in [-0.1, -0.05) is 123 Å². The monoisotopic (exact) mass is 640 g/mol. The summed E-state index contributed by atoms with van der Waals surface area (Å²) in [6, 6.07) is 0. The van der Waals surface area contributed by atoms with Crippen molar-refractivity contribution in [3.63, 3.8) is 0 Å². The van der Waals surface area contributed by atoms with E-state index in [4.69, 9.17) is 21.7 Å². The molecule has 0 unspecified atom stereocenters. The molecule has 7 heteroatoms. The fraction of sp³-hybridized carbons (Fsp3) is 0.892. The smallest absolute Gasteiger partial charge is 0.305 e. The first-order valence-corrected chi connectivity index (χ1v) is 18.9. The van der Waals surface area contributed by atoms with Gasteiger partial charge < -0.3 is 24.6 Å². The Hall–Kier alpha value is -1.34. The van der Waals surface area contributed by atoms with E-state index < -0.39 is 0 Å². The van der Waals surface area contributed by atoms with Gasteiger partial charge in [0.15, 0.2) is 5.11 Å². The van der Waals surface area contributed by atoms with E-state index in [1.54, 1.807) is 0 Å². The van der Waals surface area contributed by atoms with Crippen molar-refractivity contribution in [2.45, 2.75) is 162 Å². The molecule has 0 aliphatic carbocycles. The van der Waals surface area contributed by atoms with Crippen molar-refractivity contribution < 1.29 is 14.3 Å². The van der Waals surface area contributed by atoms with Crippen molar-refractivity contribution in [2.75, 3.05) is 53.5 Å². The third kappa shape index (κ3) is 30.7. The van der Waals surface area contributed by atoms with Gasteiger partial charge in [0.25, 0.3) is 0 Å². The van der Waals surface area contributed by atoms with E-state index in [1.807, 2.05) is 0 Å². The van der Waals surface area contributed by atoms with E-state index in [9.17, 15) is 4.79 Å². The van der Waals surface area contributed by atoms with Crippen LogP contribution in [0.2, 0.25) is 0 Å². The Morgan fingerprint density at radius 3 is 1.57 bits per heavy atom. The highest BCUT2D eigenvalue weighted by molar-refractivity contribution is 7.80. The maximum atomic E-state index is 12.2. The first-order valence-electron chi connectivity index (χ1n) is 18.5. The molecule has 0 aliphatic rings. The highest BCUT2D eigenvalue weighted by Crippen LogP contribution is 2.14. The lowest BCUT2D eigenvalue weighted by Crippen LogP contribution is -2.42. The highest BCUT2D eigenvalue weighted by Gasteiger charge is 2.11. The average Bonchev–Trinajstić information content (AvgIpc) is 3.00. The topological polar surface area (TPSA) is 54.0 Å². The van der Waals surface area contributed by atoms with Gasteiger partial charge >= 0.3 is 5.97 Å². The number of hydrogen-bond donors (Lipinski definition) is 1. The van der Waals surface area contributed by atoms with Gasteiger partial charge in [0.05, 0.1) is 19.0 Å². The number of allylic oxidation sites excluding steroid dienone is 1. The molecule has 0 saturated heterocycles. The van der Waals surface area contributed by atoms with Gasteiger partial charge in [-0.25, -0.2) is 0 Å². The van der Waals surface area contributed by atoms with Gasteiger partial charge in [0, 0.05) is 32.5 Å². The summed E-state index contributed by atoms with van der Waals surface area (Å²) in [5.74, 6) is 0.838. The molecule has 1 N–H and O–H groups in total. The van der Waals surface area contributed by atoms with E-state index in [0.717, 1.165) is 75.6 Å². The molecule has 0 heterocycles. The Bertz CT molecular complexity index is 632. The average molecular weight is 640 g/mol. The second-order valence-corrected chi connectivity index (χ2v) is 13.2. The molecular formula is C37H73N3O3S. The Balaban J connectivity index is 4.16. The van der Waals surface area contributed by atoms with Gasteiger partial charge in [-0.2, -0.15) is 0 Å². The van der Waals surface area contributed by atoms with Crippen LogP contribution in [0.4, 0.5) is 0 Å². The minimum absolute atomic E-state index is 0.0669. The van der Waals surface area contributed by atoms with E-state index in [-0.39, 0.29) is 5.97 Å². The minimum Gasteiger partial charge on any atom is -0.498 e. The quantitative estimate of drug-likeness (QED) is 0.0332. The van der Waals surface area contributed by atoms with Crippen LogP contribution in [-0.4, -0.2) is 74.4 Å². The predicted octanol–water partition coefficient (Wildman–Crippen LogP) is 9.81. The summed E-state index contributed by atoms with van der Waals surface area (Å²) < 4.78 is 11.5. The lowest BCUT2D eigenvalue weighted by molar-refractivity contribution is -0.143. The maximum absolute atomic E-state index is 12.2. The molecule has 0 spiro atoms. The van der Waals surface area contributed by atoms with Gasteiger partial charge in [0.2, 0.25) is 0 Å². The number of carbonyl (C=O) groups is 1. The molecule has 0 aromatic rings. The number of nitrogens with one attached hydrogen (secondary N) is 1. The number of nitrogens with zero attached hydrogens (tertiary/aromatic N) is 2. The summed E-state index contributed by atoms with van der Waals surface area (Å²) in [4.78, 5) is 16.6. The SMILES string of the molecule is C=C(CCCCCCCCCCC)OCCCN(CCCOC(=O)CCCCCCCCCCC)C(=S)NCCCN(C)C. The molecule has 6 nitrogen and oxygen atoms in total. The van der Waals surface area contributed by atoms with Crippen LogP contribution in [0.3, 0.4) is 0 Å². The van der Waals surface area contributed by atoms with Crippen LogP contribution < -0.4 is 5.32 Å². The fourth-order valence-electron chi connectivity index (χ4n) is 5.29. The lowest BCUT2D eigenvalue weighted by atomic mass is 10.1. The second-order valence-electron chi connectivity index (χ2n) is 12.8. The third-order valence-corrected chi connectivity index (χ3v) is 8.51. The summed E-state index contributed by atoms with van der Waals surface area (Å²) in [6.45, 7) is 13.2. The molecule has 0 aromatic carbocycles. The Labute approximate surface area is 279 Å². The van der Waals surface area contributed by atoms with Gasteiger partial charge in [-0.15, -0.1) is 0 Å². The molecule has 0 fully saturated rings. The number of ether oxygens (including phenoxy) is 2. The standard InChI is InChI=1S/C37H73N3O3S/c1-6-8-10-12-14-16-18-20-22-27-35(3)42-33-25-31-40(37(44)38-29-24-30-39(4)5)32-26-34-43-36(41)28-23-21-19-17-15-13-11-9-7-2/h3,6-34H2,1-2,4-5H3,(H,38,44). The maximum Gasteiger partial charge on any atom is 0.305 e. The molecule has 260 valence electrons. The number of thiocarbonyl (C=S) groups is 1. The Morgan fingerprint density at radius 1 is 0.614 bits per heavy atom. The predicted molar refractivity (Wildman–Crippen MR) is 194 cm³/mol. The van der Waals surface area contributed by atoms with Crippen LogP contribution >= 0.6 is 12.2 Å². The lowest BCUT2D eigenvalue weighted by Gasteiger charge is -2.26. The third-order valence-electron chi connectivity index (χ3n) is 8.10. The molecule has 0 saturated carbocycles. The summed E-state index contributed by atoms with van der Waals surface area (Å²) in [6.07, 6.45) is 27.4. The molecule has 0 amide bonds. The molecular weight excluding hydrogens is 566 g/mol. The van der Waals surface area contributed by atoms with E-state index in [1.165, 1.54) is 103 Å². The van der Waals surface area contributed by atoms with Crippen molar-refractivity contribution in [3.05, 3.63) is 12.3 Å². The van der Waals surface area contributed by atoms with Crippen LogP contribution in [0.5, 0.6) is 0 Å². The molecule has 0 atom stereocenters. The van der Waals surface area contributed by atoms with Gasteiger partial charge in [-0.3, -0.25) is 4.79 Å². The molecule has 0 aliphatic heterocycles. The highest BCUT2D eigenvalue weighted by atomic mass is 32.1. The molecule has 0 aromatic heterocycles. The summed E-state index contributed by atoms with van der Waals surface area (Å²) in [7, 11) is 4.18. The zero-order valence-electron chi connectivity index (χ0n) is 29.7. The van der Waals surface area contributed by atoms with Crippen molar-refractivity contribution in [3.8, 4) is 0 Å². The zero-order chi connectivity index (χ0) is 32.5. The number of rotatable bonds is 33. The Morgan fingerprint density at radius 2 is 1.07 bits per heavy atom. The first-order chi connectivity index (χ1) is 21.4. The number of unbranched alkanes of at least 4 members (excludes halogenated alkanes) is 16. The molecule has 44 heavy (non-hydrogen) atoms. The van der Waals surface area contributed by atoms with Crippen molar-refractivity contribution in [2.24, 2.45) is 0 Å². The van der Waals surface area contributed by atoms with Gasteiger partial charge in [0.1, 0.15) is 0 Å². The summed E-state index contributed by atoms with van der Waals surface area (Å²) in [5, 5.41) is 4.20. The molecule has 0 radical (unpaired) electrons. The number of carbonyl (C=O) groups excluding carboxylic acids is 1. The summed E-state index contributed by atoms with van der Waals surface area (Å²) in [5.41, 5.74) is 0. The fourth-order valence-corrected chi connectivity index (χ4v) is 5.57. The van der Waals surface area contributed by atoms with Crippen LogP contribution in [0, 0.1) is 0 Å². The second kappa shape index (κ2) is 33.0. The van der Waals surface area contributed by atoms with Gasteiger partial charge in [-0.05, 0) is 65.0 Å². The van der Waals surface area contributed by atoms with Crippen LogP contribution in [0.15, 0.2) is 12.3 Å². The normalized spacial score (nSPS) is 11.1. The first kappa shape index (κ1) is 42.7. The number of esters is 1. The molecule has 0 bridgehead atoms. The van der Waals surface area contributed by atoms with Crippen LogP contribution in [-0.2, 0) is 14.3 Å². The van der Waals surface area contributed by atoms with Crippen molar-refractivity contribution in [1.29, 1.82) is 0 Å². The van der Waals surface area contributed by atoms with E-state index in [0.29, 0.717) is 19.6 Å². The summed E-state index contributed by atoms with van der Waals surface area (Å²) >= 11 is 5.74. The minimum atomic E-state index is -0.0669. The van der Waals surface area contributed by atoms with Crippen LogP contribution in [0.25, 0.3) is 0 Å². The number of hydrogen-bond acceptors (Lipinski definition) is 5. The largest absolute Gasteiger partial charge is 0.498 e. The van der Waals surface area contributed by atoms with Crippen molar-refractivity contribution in [1.82, 2.24) is 15.1 Å². The van der Waals surface area contributed by atoms with E-state index >= 15 is 0 Å².